The van der Waals surface area contributed by atoms with Crippen molar-refractivity contribution in [1.29, 1.82) is 0 Å². The number of carbonyl (C=O) groups excluding carboxylic acids is 1. The first-order valence-electron chi connectivity index (χ1n) is 5.26. The molecule has 0 aliphatic carbocycles. The minimum atomic E-state index is 0.534. The van der Waals surface area contributed by atoms with Gasteiger partial charge in [-0.05, 0) is 12.1 Å². The van der Waals surface area contributed by atoms with E-state index in [1.807, 2.05) is 30.3 Å². The monoisotopic (exact) mass is 226 g/mol. The average Bonchev–Trinajstić information content (AvgIpc) is 2.91. The molecule has 17 heavy (non-hydrogen) atoms. The Morgan fingerprint density at radius 2 is 2.18 bits per heavy atom. The zero-order valence-electron chi connectivity index (χ0n) is 9.25. The number of benzene rings is 1. The van der Waals surface area contributed by atoms with Gasteiger partial charge >= 0.3 is 0 Å². The molecule has 4 heteroatoms. The second kappa shape index (κ2) is 3.59. The van der Waals surface area contributed by atoms with Crippen LogP contribution in [0.3, 0.4) is 0 Å². The van der Waals surface area contributed by atoms with Crippen LogP contribution in [-0.2, 0) is 7.05 Å². The van der Waals surface area contributed by atoms with Gasteiger partial charge in [0.05, 0.1) is 5.56 Å². The average molecular weight is 226 g/mol. The van der Waals surface area contributed by atoms with Crippen LogP contribution in [0, 0.1) is 0 Å². The summed E-state index contributed by atoms with van der Waals surface area (Å²) in [6, 6.07) is 9.61. The lowest BCUT2D eigenvalue weighted by Gasteiger charge is -1.90. The summed E-state index contributed by atoms with van der Waals surface area (Å²) in [4.78, 5) is 10.9. The molecule has 2 aromatic heterocycles. The number of aldehydes is 1. The van der Waals surface area contributed by atoms with Crippen LogP contribution < -0.4 is 0 Å². The second-order valence-electron chi connectivity index (χ2n) is 3.87. The van der Waals surface area contributed by atoms with Gasteiger partial charge in [-0.25, -0.2) is 0 Å². The quantitative estimate of drug-likeness (QED) is 0.631. The first kappa shape index (κ1) is 9.84. The predicted octanol–water partition coefficient (Wildman–Crippen LogP) is 2.65. The number of hydrogen-bond donors (Lipinski definition) is 0. The molecule has 0 unspecified atom stereocenters. The van der Waals surface area contributed by atoms with Crippen molar-refractivity contribution < 1.29 is 9.21 Å². The van der Waals surface area contributed by atoms with Gasteiger partial charge in [-0.2, -0.15) is 5.10 Å². The summed E-state index contributed by atoms with van der Waals surface area (Å²) in [5.74, 6) is 0.619. The third kappa shape index (κ3) is 1.54. The highest BCUT2D eigenvalue weighted by Gasteiger charge is 2.13. The van der Waals surface area contributed by atoms with Crippen LogP contribution in [0.4, 0.5) is 0 Å². The van der Waals surface area contributed by atoms with E-state index >= 15 is 0 Å². The molecule has 0 bridgehead atoms. The number of aryl methyl sites for hydroxylation is 1. The summed E-state index contributed by atoms with van der Waals surface area (Å²) < 4.78 is 7.28. The molecule has 0 fully saturated rings. The molecule has 84 valence electrons. The fourth-order valence-corrected chi connectivity index (χ4v) is 1.88. The van der Waals surface area contributed by atoms with E-state index in [0.29, 0.717) is 17.0 Å². The van der Waals surface area contributed by atoms with E-state index in [1.165, 1.54) is 0 Å². The van der Waals surface area contributed by atoms with Crippen LogP contribution >= 0.6 is 0 Å². The summed E-state index contributed by atoms with van der Waals surface area (Å²) in [5, 5.41) is 5.24. The van der Waals surface area contributed by atoms with E-state index < -0.39 is 0 Å². The first-order valence-corrected chi connectivity index (χ1v) is 5.26. The highest BCUT2D eigenvalue weighted by atomic mass is 16.3. The Hall–Kier alpha value is -2.36. The number of aromatic nitrogens is 2. The SMILES string of the molecule is Cn1cc(C=O)c(-c2cc3ccccc3o2)n1. The van der Waals surface area contributed by atoms with E-state index in [4.69, 9.17) is 4.42 Å². The van der Waals surface area contributed by atoms with E-state index in [2.05, 4.69) is 5.10 Å². The van der Waals surface area contributed by atoms with Crippen molar-refractivity contribution in [3.63, 3.8) is 0 Å². The van der Waals surface area contributed by atoms with Crippen molar-refractivity contribution >= 4 is 17.3 Å². The predicted molar refractivity (Wildman–Crippen MR) is 63.8 cm³/mol. The molecule has 0 spiro atoms. The standard InChI is InChI=1S/C13H10N2O2/c1-15-7-10(8-16)13(14-15)12-6-9-4-2-3-5-11(9)17-12/h2-8H,1H3. The van der Waals surface area contributed by atoms with Crippen molar-refractivity contribution in [2.45, 2.75) is 0 Å². The largest absolute Gasteiger partial charge is 0.454 e. The van der Waals surface area contributed by atoms with Gasteiger partial charge in [0, 0.05) is 18.6 Å². The van der Waals surface area contributed by atoms with Crippen molar-refractivity contribution in [1.82, 2.24) is 9.78 Å². The van der Waals surface area contributed by atoms with Gasteiger partial charge in [-0.15, -0.1) is 0 Å². The summed E-state index contributed by atoms with van der Waals surface area (Å²) >= 11 is 0. The van der Waals surface area contributed by atoms with Crippen LogP contribution in [0.2, 0.25) is 0 Å². The molecule has 0 saturated heterocycles. The Bertz CT molecular complexity index is 661. The third-order valence-electron chi connectivity index (χ3n) is 2.64. The molecule has 3 aromatic rings. The van der Waals surface area contributed by atoms with Crippen molar-refractivity contribution in [2.75, 3.05) is 0 Å². The Morgan fingerprint density at radius 3 is 2.94 bits per heavy atom. The van der Waals surface area contributed by atoms with Gasteiger partial charge < -0.3 is 4.42 Å². The Morgan fingerprint density at radius 1 is 1.35 bits per heavy atom. The summed E-state index contributed by atoms with van der Waals surface area (Å²) in [6.07, 6.45) is 2.46. The molecular weight excluding hydrogens is 216 g/mol. The molecule has 0 aliphatic heterocycles. The van der Waals surface area contributed by atoms with Gasteiger partial charge in [0.15, 0.2) is 12.0 Å². The first-order chi connectivity index (χ1) is 8.28. The fraction of sp³-hybridized carbons (Fsp3) is 0.0769. The van der Waals surface area contributed by atoms with E-state index in [-0.39, 0.29) is 0 Å². The Labute approximate surface area is 97.5 Å². The normalized spacial score (nSPS) is 10.9. The summed E-state index contributed by atoms with van der Waals surface area (Å²) in [7, 11) is 1.78. The number of furan rings is 1. The lowest BCUT2D eigenvalue weighted by Crippen LogP contribution is -1.86. The van der Waals surface area contributed by atoms with Gasteiger partial charge in [0.2, 0.25) is 0 Å². The smallest absolute Gasteiger partial charge is 0.156 e. The molecule has 0 saturated carbocycles. The molecular formula is C13H10N2O2. The van der Waals surface area contributed by atoms with E-state index in [9.17, 15) is 4.79 Å². The topological polar surface area (TPSA) is 48.0 Å². The maximum Gasteiger partial charge on any atom is 0.156 e. The van der Waals surface area contributed by atoms with E-state index in [1.54, 1.807) is 17.9 Å². The summed E-state index contributed by atoms with van der Waals surface area (Å²) in [5.41, 5.74) is 1.91. The van der Waals surface area contributed by atoms with Crippen molar-refractivity contribution in [3.8, 4) is 11.5 Å². The van der Waals surface area contributed by atoms with Crippen molar-refractivity contribution in [3.05, 3.63) is 42.1 Å². The van der Waals surface area contributed by atoms with Crippen LogP contribution in [0.5, 0.6) is 0 Å². The van der Waals surface area contributed by atoms with Gasteiger partial charge in [-0.1, -0.05) is 18.2 Å². The number of fused-ring (bicyclic) bond motifs is 1. The minimum Gasteiger partial charge on any atom is -0.454 e. The molecule has 0 atom stereocenters. The van der Waals surface area contributed by atoms with E-state index in [0.717, 1.165) is 17.3 Å². The number of carbonyl (C=O) groups is 1. The number of rotatable bonds is 2. The molecule has 3 rings (SSSR count). The maximum absolute atomic E-state index is 10.9. The van der Waals surface area contributed by atoms with Crippen molar-refractivity contribution in [2.24, 2.45) is 7.05 Å². The zero-order chi connectivity index (χ0) is 11.8. The minimum absolute atomic E-state index is 0.534. The molecule has 4 nitrogen and oxygen atoms in total. The lowest BCUT2D eigenvalue weighted by molar-refractivity contribution is 0.112. The zero-order valence-corrected chi connectivity index (χ0v) is 9.25. The highest BCUT2D eigenvalue weighted by Crippen LogP contribution is 2.28. The number of hydrogen-bond acceptors (Lipinski definition) is 3. The number of para-hydroxylation sites is 1. The van der Waals surface area contributed by atoms with Gasteiger partial charge in [0.25, 0.3) is 0 Å². The fourth-order valence-electron chi connectivity index (χ4n) is 1.88. The maximum atomic E-state index is 10.9. The Balaban J connectivity index is 2.23. The second-order valence-corrected chi connectivity index (χ2v) is 3.87. The lowest BCUT2D eigenvalue weighted by atomic mass is 10.2. The third-order valence-corrected chi connectivity index (χ3v) is 2.64. The molecule has 0 radical (unpaired) electrons. The number of nitrogens with zero attached hydrogens (tertiary/aromatic N) is 2. The Kier molecular flexibility index (Phi) is 2.08. The van der Waals surface area contributed by atoms with Crippen LogP contribution in [0.25, 0.3) is 22.4 Å². The summed E-state index contributed by atoms with van der Waals surface area (Å²) in [6.45, 7) is 0. The molecule has 1 aromatic carbocycles. The van der Waals surface area contributed by atoms with Crippen LogP contribution in [0.15, 0.2) is 40.9 Å². The molecule has 0 aliphatic rings. The van der Waals surface area contributed by atoms with Crippen LogP contribution in [0.1, 0.15) is 10.4 Å². The highest BCUT2D eigenvalue weighted by molar-refractivity contribution is 5.88. The van der Waals surface area contributed by atoms with Gasteiger partial charge in [-0.3, -0.25) is 9.48 Å². The molecule has 2 heterocycles. The molecule has 0 amide bonds. The van der Waals surface area contributed by atoms with Gasteiger partial charge in [0.1, 0.15) is 11.3 Å². The molecule has 0 N–H and O–H groups in total. The van der Waals surface area contributed by atoms with Crippen LogP contribution in [-0.4, -0.2) is 16.1 Å².